The zero-order valence-electron chi connectivity index (χ0n) is 8.21. The molecule has 2 amide bonds. The van der Waals surface area contributed by atoms with Gasteiger partial charge >= 0.3 is 0 Å². The molecule has 0 radical (unpaired) electrons. The molecule has 0 aliphatic rings. The summed E-state index contributed by atoms with van der Waals surface area (Å²) in [7, 11) is 0. The number of hydrogen-bond acceptors (Lipinski definition) is 2. The Kier molecular flexibility index (Phi) is 7.24. The Hall–Kier alpha value is -1.50. The Labute approximate surface area is 84.0 Å². The number of hydrogen-bond donors (Lipinski definition) is 2. The maximum Gasteiger partial charge on any atom is 0.293 e. The van der Waals surface area contributed by atoms with Crippen molar-refractivity contribution in [2.24, 2.45) is 11.5 Å². The van der Waals surface area contributed by atoms with Crippen LogP contribution < -0.4 is 11.5 Å². The van der Waals surface area contributed by atoms with Gasteiger partial charge in [0.25, 0.3) is 5.91 Å². The van der Waals surface area contributed by atoms with Crippen molar-refractivity contribution >= 4 is 11.8 Å². The Morgan fingerprint density at radius 2 is 1.64 bits per heavy atom. The van der Waals surface area contributed by atoms with E-state index in [-0.39, 0.29) is 5.91 Å². The number of unbranched alkanes of at least 4 members (excludes halogenated alkanes) is 4. The quantitative estimate of drug-likeness (QED) is 0.473. The van der Waals surface area contributed by atoms with Gasteiger partial charge in [-0.05, 0) is 18.8 Å². The first kappa shape index (κ1) is 12.5. The third-order valence-electron chi connectivity index (χ3n) is 1.69. The number of carbonyl (C=O) groups is 2. The number of amides is 2. The second-order valence-electron chi connectivity index (χ2n) is 3.05. The molecule has 0 atom stereocenters. The molecule has 0 rings (SSSR count). The lowest BCUT2D eigenvalue weighted by Crippen LogP contribution is -2.09. The minimum absolute atomic E-state index is 0.251. The highest BCUT2D eigenvalue weighted by Gasteiger charge is 1.93. The van der Waals surface area contributed by atoms with E-state index in [4.69, 9.17) is 11.5 Å². The first-order valence-electron chi connectivity index (χ1n) is 4.69. The van der Waals surface area contributed by atoms with E-state index in [0.29, 0.717) is 12.8 Å². The van der Waals surface area contributed by atoms with E-state index in [0.717, 1.165) is 25.7 Å². The summed E-state index contributed by atoms with van der Waals surface area (Å²) in [6.07, 6.45) is 4.87. The summed E-state index contributed by atoms with van der Waals surface area (Å²) in [6.45, 7) is 0. The molecule has 0 aliphatic carbocycles. The summed E-state index contributed by atoms with van der Waals surface area (Å²) < 4.78 is 0. The van der Waals surface area contributed by atoms with Gasteiger partial charge in [-0.1, -0.05) is 18.8 Å². The summed E-state index contributed by atoms with van der Waals surface area (Å²) in [5.41, 5.74) is 9.80. The zero-order chi connectivity index (χ0) is 10.8. The molecule has 0 fully saturated rings. The Balaban J connectivity index is 3.19. The highest BCUT2D eigenvalue weighted by Crippen LogP contribution is 2.04. The van der Waals surface area contributed by atoms with Crippen LogP contribution in [0, 0.1) is 11.8 Å². The van der Waals surface area contributed by atoms with Gasteiger partial charge in [-0.15, -0.1) is 0 Å². The van der Waals surface area contributed by atoms with E-state index in [1.165, 1.54) is 0 Å². The minimum Gasteiger partial charge on any atom is -0.370 e. The van der Waals surface area contributed by atoms with E-state index in [2.05, 4.69) is 11.8 Å². The van der Waals surface area contributed by atoms with Crippen molar-refractivity contribution in [3.63, 3.8) is 0 Å². The van der Waals surface area contributed by atoms with Crippen LogP contribution in [0.25, 0.3) is 0 Å². The first-order chi connectivity index (χ1) is 6.63. The first-order valence-corrected chi connectivity index (χ1v) is 4.69. The third kappa shape index (κ3) is 10.5. The Morgan fingerprint density at radius 1 is 1.00 bits per heavy atom. The maximum absolute atomic E-state index is 10.4. The van der Waals surface area contributed by atoms with Crippen LogP contribution in [0.4, 0.5) is 0 Å². The third-order valence-corrected chi connectivity index (χ3v) is 1.69. The van der Waals surface area contributed by atoms with Crippen molar-refractivity contribution in [2.75, 3.05) is 0 Å². The molecule has 4 heteroatoms. The normalized spacial score (nSPS) is 8.86. The number of rotatable bonds is 6. The molecule has 0 aromatic rings. The summed E-state index contributed by atoms with van der Waals surface area (Å²) in [4.78, 5) is 20.6. The largest absolute Gasteiger partial charge is 0.370 e. The zero-order valence-corrected chi connectivity index (χ0v) is 8.21. The Bertz CT molecular complexity index is 251. The van der Waals surface area contributed by atoms with E-state index in [9.17, 15) is 9.59 Å². The number of carbonyl (C=O) groups excluding carboxylic acids is 2. The van der Waals surface area contributed by atoms with Gasteiger partial charge < -0.3 is 11.5 Å². The van der Waals surface area contributed by atoms with Gasteiger partial charge in [0.05, 0.1) is 0 Å². The summed E-state index contributed by atoms with van der Waals surface area (Å²) in [5.74, 6) is 4.10. The summed E-state index contributed by atoms with van der Waals surface area (Å²) in [5, 5.41) is 0. The van der Waals surface area contributed by atoms with Gasteiger partial charge in [-0.25, -0.2) is 0 Å². The lowest BCUT2D eigenvalue weighted by molar-refractivity contribution is -0.118. The topological polar surface area (TPSA) is 86.2 Å². The Morgan fingerprint density at radius 3 is 2.21 bits per heavy atom. The van der Waals surface area contributed by atoms with Crippen LogP contribution in [0.15, 0.2) is 0 Å². The molecule has 4 N–H and O–H groups in total. The average molecular weight is 196 g/mol. The molecule has 14 heavy (non-hydrogen) atoms. The molecule has 4 nitrogen and oxygen atoms in total. The van der Waals surface area contributed by atoms with Crippen LogP contribution in [0.3, 0.4) is 0 Å². The van der Waals surface area contributed by atoms with Crippen LogP contribution >= 0.6 is 0 Å². The second-order valence-corrected chi connectivity index (χ2v) is 3.05. The van der Waals surface area contributed by atoms with E-state index in [1.807, 2.05) is 0 Å². The fourth-order valence-corrected chi connectivity index (χ4v) is 1.02. The lowest BCUT2D eigenvalue weighted by atomic mass is 10.1. The molecule has 0 spiro atoms. The second kappa shape index (κ2) is 8.11. The predicted octanol–water partition coefficient (Wildman–Crippen LogP) is 0.301. The molecular weight excluding hydrogens is 180 g/mol. The summed E-state index contributed by atoms with van der Waals surface area (Å²) in [6, 6.07) is 0. The van der Waals surface area contributed by atoms with Gasteiger partial charge in [0.1, 0.15) is 0 Å². The minimum atomic E-state index is -0.585. The van der Waals surface area contributed by atoms with Crippen molar-refractivity contribution in [1.29, 1.82) is 0 Å². The number of primary amides is 2. The molecule has 0 saturated carbocycles. The van der Waals surface area contributed by atoms with Crippen molar-refractivity contribution in [3.05, 3.63) is 0 Å². The highest BCUT2D eigenvalue weighted by atomic mass is 16.1. The fourth-order valence-electron chi connectivity index (χ4n) is 1.02. The predicted molar refractivity (Wildman–Crippen MR) is 53.9 cm³/mol. The van der Waals surface area contributed by atoms with Crippen LogP contribution in [-0.4, -0.2) is 11.8 Å². The molecule has 0 saturated heterocycles. The average Bonchev–Trinajstić information content (AvgIpc) is 2.08. The van der Waals surface area contributed by atoms with Crippen LogP contribution in [-0.2, 0) is 9.59 Å². The monoisotopic (exact) mass is 196 g/mol. The highest BCUT2D eigenvalue weighted by molar-refractivity contribution is 5.91. The van der Waals surface area contributed by atoms with Gasteiger partial charge in [0.2, 0.25) is 5.91 Å². The molecular formula is C10H16N2O2. The SMILES string of the molecule is NC(=O)C#CCCCCCCC(N)=O. The molecule has 0 unspecified atom stereocenters. The lowest BCUT2D eigenvalue weighted by Gasteiger charge is -1.95. The van der Waals surface area contributed by atoms with Gasteiger partial charge in [0.15, 0.2) is 0 Å². The van der Waals surface area contributed by atoms with E-state index in [1.54, 1.807) is 0 Å². The molecule has 0 bridgehead atoms. The van der Waals surface area contributed by atoms with Crippen LogP contribution in [0.1, 0.15) is 38.5 Å². The van der Waals surface area contributed by atoms with Crippen molar-refractivity contribution in [3.8, 4) is 11.8 Å². The molecule has 78 valence electrons. The van der Waals surface area contributed by atoms with Gasteiger partial charge in [0, 0.05) is 12.8 Å². The van der Waals surface area contributed by atoms with E-state index < -0.39 is 5.91 Å². The molecule has 0 aliphatic heterocycles. The standard InChI is InChI=1S/C10H16N2O2/c11-9(13)7-5-3-1-2-4-6-8-10(12)14/h1-5,7H2,(H2,11,13)(H2,12,14). The smallest absolute Gasteiger partial charge is 0.293 e. The molecule has 0 heterocycles. The van der Waals surface area contributed by atoms with Crippen molar-refractivity contribution in [1.82, 2.24) is 0 Å². The fraction of sp³-hybridized carbons (Fsp3) is 0.600. The van der Waals surface area contributed by atoms with E-state index >= 15 is 0 Å². The molecule has 0 aromatic carbocycles. The molecule has 0 aromatic heterocycles. The number of nitrogens with two attached hydrogens (primary N) is 2. The maximum atomic E-state index is 10.4. The van der Waals surface area contributed by atoms with Gasteiger partial charge in [-0.3, -0.25) is 9.59 Å². The summed E-state index contributed by atoms with van der Waals surface area (Å²) >= 11 is 0. The van der Waals surface area contributed by atoms with Crippen LogP contribution in [0.5, 0.6) is 0 Å². The van der Waals surface area contributed by atoms with Gasteiger partial charge in [-0.2, -0.15) is 0 Å². The van der Waals surface area contributed by atoms with Crippen LogP contribution in [0.2, 0.25) is 0 Å². The van der Waals surface area contributed by atoms with Crippen molar-refractivity contribution in [2.45, 2.75) is 38.5 Å². The van der Waals surface area contributed by atoms with Crippen molar-refractivity contribution < 1.29 is 9.59 Å².